The largest absolute Gasteiger partial charge is 0.468 e. The van der Waals surface area contributed by atoms with Crippen molar-refractivity contribution in [1.82, 2.24) is 5.32 Å². The second-order valence-corrected chi connectivity index (χ2v) is 9.66. The topological polar surface area (TPSA) is 55.4 Å². The summed E-state index contributed by atoms with van der Waals surface area (Å²) in [5.41, 5.74) is 2.12. The Morgan fingerprint density at radius 3 is 2.68 bits per heavy atom. The highest BCUT2D eigenvalue weighted by molar-refractivity contribution is 9.10. The van der Waals surface area contributed by atoms with Crippen molar-refractivity contribution in [2.24, 2.45) is 11.3 Å². The molecule has 0 fully saturated rings. The molecule has 134 valence electrons. The first-order valence-corrected chi connectivity index (χ1v) is 9.81. The first-order valence-electron chi connectivity index (χ1n) is 8.20. The zero-order valence-corrected chi connectivity index (χ0v) is 17.3. The maximum absolute atomic E-state index is 13.0. The molecule has 1 aromatic heterocycles. The van der Waals surface area contributed by atoms with E-state index >= 15 is 0 Å². The van der Waals surface area contributed by atoms with Crippen molar-refractivity contribution in [3.63, 3.8) is 0 Å². The molecule has 1 N–H and O–H groups in total. The number of carbonyl (C=O) groups is 2. The SMILES string of the molecule is C=C1NC2=C(C(=O)CC(C)(C)C2)C(c2cc(Br)c(C)s2)C1C(=O)OC. The minimum atomic E-state index is -0.598. The van der Waals surface area contributed by atoms with Crippen LogP contribution in [-0.2, 0) is 14.3 Å². The predicted octanol–water partition coefficient (Wildman–Crippen LogP) is 4.45. The number of carbonyl (C=O) groups excluding carboxylic acids is 2. The maximum Gasteiger partial charge on any atom is 0.315 e. The number of aryl methyl sites for hydroxylation is 1. The fourth-order valence-electron chi connectivity index (χ4n) is 3.79. The van der Waals surface area contributed by atoms with E-state index in [9.17, 15) is 9.59 Å². The van der Waals surface area contributed by atoms with Crippen molar-refractivity contribution >= 4 is 39.0 Å². The van der Waals surface area contributed by atoms with Gasteiger partial charge in [0, 0.05) is 43.5 Å². The van der Waals surface area contributed by atoms with Gasteiger partial charge in [0.05, 0.1) is 7.11 Å². The Bertz CT molecular complexity index is 786. The standard InChI is InChI=1S/C19H22BrNO3S/c1-9-15(18(23)24-5)17(14-6-11(20)10(2)25-14)16-12(21-9)7-19(3,4)8-13(16)22/h6,15,17,21H,1,7-8H2,2-5H3. The number of rotatable bonds is 2. The molecule has 1 aliphatic heterocycles. The lowest BCUT2D eigenvalue weighted by molar-refractivity contribution is -0.144. The van der Waals surface area contributed by atoms with E-state index < -0.39 is 5.92 Å². The monoisotopic (exact) mass is 423 g/mol. The summed E-state index contributed by atoms with van der Waals surface area (Å²) in [7, 11) is 1.37. The summed E-state index contributed by atoms with van der Waals surface area (Å²) in [4.78, 5) is 27.6. The van der Waals surface area contributed by atoms with Gasteiger partial charge in [0.15, 0.2) is 5.78 Å². The van der Waals surface area contributed by atoms with E-state index in [1.165, 1.54) is 7.11 Å². The molecule has 2 aliphatic rings. The number of hydrogen-bond donors (Lipinski definition) is 1. The molecule has 6 heteroatoms. The summed E-state index contributed by atoms with van der Waals surface area (Å²) in [5, 5.41) is 3.25. The molecular formula is C19H22BrNO3S. The van der Waals surface area contributed by atoms with Crippen molar-refractivity contribution in [2.45, 2.75) is 39.5 Å². The highest BCUT2D eigenvalue weighted by atomic mass is 79.9. The van der Waals surface area contributed by atoms with Gasteiger partial charge in [-0.15, -0.1) is 11.3 Å². The fraction of sp³-hybridized carbons (Fsp3) is 0.474. The average Bonchev–Trinajstić information content (AvgIpc) is 2.83. The first kappa shape index (κ1) is 18.4. The lowest BCUT2D eigenvalue weighted by atomic mass is 9.68. The molecule has 0 spiro atoms. The van der Waals surface area contributed by atoms with Gasteiger partial charge < -0.3 is 10.1 Å². The number of methoxy groups -OCH3 is 1. The highest BCUT2D eigenvalue weighted by Crippen LogP contribution is 2.50. The quantitative estimate of drug-likeness (QED) is 0.713. The summed E-state index contributed by atoms with van der Waals surface area (Å²) < 4.78 is 6.02. The van der Waals surface area contributed by atoms with Crippen LogP contribution in [0, 0.1) is 18.3 Å². The van der Waals surface area contributed by atoms with Crippen LogP contribution in [0.25, 0.3) is 0 Å². The van der Waals surface area contributed by atoms with Crippen LogP contribution in [0.15, 0.2) is 34.1 Å². The number of esters is 1. The number of allylic oxidation sites excluding steroid dienone is 2. The van der Waals surface area contributed by atoms with Crippen LogP contribution in [0.1, 0.15) is 42.4 Å². The Labute approximate surface area is 160 Å². The van der Waals surface area contributed by atoms with Crippen molar-refractivity contribution in [3.8, 4) is 0 Å². The molecule has 1 aromatic rings. The van der Waals surface area contributed by atoms with Crippen molar-refractivity contribution in [1.29, 1.82) is 0 Å². The minimum Gasteiger partial charge on any atom is -0.468 e. The van der Waals surface area contributed by atoms with E-state index in [4.69, 9.17) is 4.74 Å². The van der Waals surface area contributed by atoms with Crippen LogP contribution in [0.3, 0.4) is 0 Å². The Morgan fingerprint density at radius 1 is 1.44 bits per heavy atom. The molecular weight excluding hydrogens is 402 g/mol. The number of ketones is 1. The molecule has 1 aliphatic carbocycles. The number of halogens is 1. The Balaban J connectivity index is 2.19. The molecule has 0 radical (unpaired) electrons. The number of hydrogen-bond acceptors (Lipinski definition) is 5. The molecule has 2 atom stereocenters. The van der Waals surface area contributed by atoms with E-state index in [0.717, 1.165) is 31.9 Å². The molecule has 2 unspecified atom stereocenters. The van der Waals surface area contributed by atoms with E-state index in [-0.39, 0.29) is 23.1 Å². The molecule has 25 heavy (non-hydrogen) atoms. The van der Waals surface area contributed by atoms with Crippen molar-refractivity contribution < 1.29 is 14.3 Å². The van der Waals surface area contributed by atoms with Crippen LogP contribution in [0.4, 0.5) is 0 Å². The molecule has 0 bridgehead atoms. The van der Waals surface area contributed by atoms with Gasteiger partial charge in [-0.25, -0.2) is 0 Å². The number of Topliss-reactive ketones (excluding diaryl/α,β-unsaturated/α-hetero) is 1. The second kappa shape index (κ2) is 6.40. The van der Waals surface area contributed by atoms with Gasteiger partial charge in [-0.1, -0.05) is 20.4 Å². The molecule has 0 saturated carbocycles. The van der Waals surface area contributed by atoms with Crippen molar-refractivity contribution in [3.05, 3.63) is 43.8 Å². The van der Waals surface area contributed by atoms with Gasteiger partial charge in [-0.05, 0) is 40.8 Å². The zero-order chi connectivity index (χ0) is 18.5. The van der Waals surface area contributed by atoms with E-state index in [2.05, 4.69) is 41.7 Å². The van der Waals surface area contributed by atoms with Crippen molar-refractivity contribution in [2.75, 3.05) is 7.11 Å². The third-order valence-electron chi connectivity index (χ3n) is 4.89. The molecule has 0 amide bonds. The van der Waals surface area contributed by atoms with Crippen LogP contribution in [-0.4, -0.2) is 18.9 Å². The summed E-state index contributed by atoms with van der Waals surface area (Å²) in [5.74, 6) is -1.20. The maximum atomic E-state index is 13.0. The number of ether oxygens (including phenoxy) is 1. The Kier molecular flexibility index (Phi) is 4.71. The summed E-state index contributed by atoms with van der Waals surface area (Å²) >= 11 is 5.15. The van der Waals surface area contributed by atoms with Gasteiger partial charge in [-0.2, -0.15) is 0 Å². The van der Waals surface area contributed by atoms with E-state index in [0.29, 0.717) is 12.1 Å². The molecule has 0 aromatic carbocycles. The molecule has 4 nitrogen and oxygen atoms in total. The number of nitrogens with one attached hydrogen (secondary N) is 1. The van der Waals surface area contributed by atoms with Crippen LogP contribution in [0.5, 0.6) is 0 Å². The lowest BCUT2D eigenvalue weighted by Gasteiger charge is -2.41. The van der Waals surface area contributed by atoms with Gasteiger partial charge in [-0.3, -0.25) is 9.59 Å². The van der Waals surface area contributed by atoms with Gasteiger partial charge >= 0.3 is 5.97 Å². The highest BCUT2D eigenvalue weighted by Gasteiger charge is 2.47. The smallest absolute Gasteiger partial charge is 0.315 e. The third-order valence-corrected chi connectivity index (χ3v) is 7.11. The summed E-state index contributed by atoms with van der Waals surface area (Å²) in [6.07, 6.45) is 1.25. The van der Waals surface area contributed by atoms with Gasteiger partial charge in [0.25, 0.3) is 0 Å². The molecule has 0 saturated heterocycles. The van der Waals surface area contributed by atoms with Crippen LogP contribution >= 0.6 is 27.3 Å². The summed E-state index contributed by atoms with van der Waals surface area (Å²) in [6, 6.07) is 2.01. The Hall–Kier alpha value is -1.40. The molecule has 2 heterocycles. The average molecular weight is 424 g/mol. The van der Waals surface area contributed by atoms with E-state index in [1.807, 2.05) is 13.0 Å². The second-order valence-electron chi connectivity index (χ2n) is 7.51. The van der Waals surface area contributed by atoms with Gasteiger partial charge in [0.1, 0.15) is 5.92 Å². The van der Waals surface area contributed by atoms with Gasteiger partial charge in [0.2, 0.25) is 0 Å². The van der Waals surface area contributed by atoms with E-state index in [1.54, 1.807) is 11.3 Å². The zero-order valence-electron chi connectivity index (χ0n) is 14.9. The van der Waals surface area contributed by atoms with Crippen LogP contribution < -0.4 is 5.32 Å². The first-order chi connectivity index (χ1) is 11.6. The molecule has 3 rings (SSSR count). The lowest BCUT2D eigenvalue weighted by Crippen LogP contribution is -2.43. The van der Waals surface area contributed by atoms with Crippen LogP contribution in [0.2, 0.25) is 0 Å². The Morgan fingerprint density at radius 2 is 2.12 bits per heavy atom. The predicted molar refractivity (Wildman–Crippen MR) is 102 cm³/mol. The fourth-order valence-corrected chi connectivity index (χ4v) is 5.50. The minimum absolute atomic E-state index is 0.0994. The third kappa shape index (κ3) is 3.22. The number of thiophene rings is 1. The normalized spacial score (nSPS) is 25.5. The summed E-state index contributed by atoms with van der Waals surface area (Å²) in [6.45, 7) is 10.3.